The molecular weight excluding hydrogens is 268 g/mol. The fraction of sp³-hybridized carbons (Fsp3) is 0.133. The van der Waals surface area contributed by atoms with Crippen molar-refractivity contribution in [2.45, 2.75) is 0 Å². The van der Waals surface area contributed by atoms with E-state index >= 15 is 0 Å². The third kappa shape index (κ3) is 2.31. The molecule has 2 aromatic rings. The molecule has 0 bridgehead atoms. The molecule has 0 aromatic heterocycles. The summed E-state index contributed by atoms with van der Waals surface area (Å²) in [5.74, 6) is 0.260. The SMILES string of the molecule is N=C1N(c2ccccc2)CCN1c1ccccc1[N+](=O)[O-]. The lowest BCUT2D eigenvalue weighted by Gasteiger charge is -2.21. The molecule has 1 heterocycles. The van der Waals surface area contributed by atoms with E-state index in [1.54, 1.807) is 23.1 Å². The molecular formula is C15H14N4O2. The Labute approximate surface area is 121 Å². The Morgan fingerprint density at radius 3 is 2.29 bits per heavy atom. The van der Waals surface area contributed by atoms with Gasteiger partial charge in [-0.1, -0.05) is 30.3 Å². The van der Waals surface area contributed by atoms with Gasteiger partial charge in [0.2, 0.25) is 5.96 Å². The van der Waals surface area contributed by atoms with Gasteiger partial charge in [0.15, 0.2) is 0 Å². The zero-order valence-electron chi connectivity index (χ0n) is 11.3. The highest BCUT2D eigenvalue weighted by molar-refractivity contribution is 6.08. The zero-order chi connectivity index (χ0) is 14.8. The normalized spacial score (nSPS) is 14.6. The predicted molar refractivity (Wildman–Crippen MR) is 82.0 cm³/mol. The molecule has 106 valence electrons. The fourth-order valence-electron chi connectivity index (χ4n) is 2.50. The molecule has 1 aliphatic rings. The summed E-state index contributed by atoms with van der Waals surface area (Å²) >= 11 is 0. The summed E-state index contributed by atoms with van der Waals surface area (Å²) in [6, 6.07) is 16.1. The summed E-state index contributed by atoms with van der Waals surface area (Å²) < 4.78 is 0. The molecule has 0 saturated carbocycles. The second kappa shape index (κ2) is 5.24. The minimum atomic E-state index is -0.409. The summed E-state index contributed by atoms with van der Waals surface area (Å²) in [6.45, 7) is 1.19. The molecule has 3 rings (SSSR count). The van der Waals surface area contributed by atoms with E-state index in [-0.39, 0.29) is 11.6 Å². The molecule has 6 heteroatoms. The quantitative estimate of drug-likeness (QED) is 0.694. The summed E-state index contributed by atoms with van der Waals surface area (Å²) in [6.07, 6.45) is 0. The van der Waals surface area contributed by atoms with Crippen molar-refractivity contribution in [1.82, 2.24) is 0 Å². The lowest BCUT2D eigenvalue weighted by atomic mass is 10.2. The molecule has 0 spiro atoms. The maximum absolute atomic E-state index is 11.1. The van der Waals surface area contributed by atoms with Crippen molar-refractivity contribution < 1.29 is 4.92 Å². The highest BCUT2D eigenvalue weighted by atomic mass is 16.6. The topological polar surface area (TPSA) is 73.5 Å². The Morgan fingerprint density at radius 1 is 0.952 bits per heavy atom. The van der Waals surface area contributed by atoms with Gasteiger partial charge in [0.1, 0.15) is 5.69 Å². The average Bonchev–Trinajstić information content (AvgIpc) is 2.89. The van der Waals surface area contributed by atoms with E-state index in [1.165, 1.54) is 6.07 Å². The summed E-state index contributed by atoms with van der Waals surface area (Å²) in [4.78, 5) is 14.2. The van der Waals surface area contributed by atoms with Crippen LogP contribution in [0.2, 0.25) is 0 Å². The van der Waals surface area contributed by atoms with Crippen LogP contribution in [0.3, 0.4) is 0 Å². The number of rotatable bonds is 3. The van der Waals surface area contributed by atoms with Crippen LogP contribution in [0, 0.1) is 15.5 Å². The van der Waals surface area contributed by atoms with Crippen LogP contribution in [-0.2, 0) is 0 Å². The lowest BCUT2D eigenvalue weighted by molar-refractivity contribution is -0.384. The third-order valence-corrected chi connectivity index (χ3v) is 3.50. The van der Waals surface area contributed by atoms with E-state index in [1.807, 2.05) is 35.2 Å². The van der Waals surface area contributed by atoms with Crippen LogP contribution in [0.4, 0.5) is 17.1 Å². The highest BCUT2D eigenvalue weighted by Gasteiger charge is 2.31. The van der Waals surface area contributed by atoms with Crippen molar-refractivity contribution in [1.29, 1.82) is 5.41 Å². The first-order valence-electron chi connectivity index (χ1n) is 6.60. The van der Waals surface area contributed by atoms with E-state index < -0.39 is 4.92 Å². The Morgan fingerprint density at radius 2 is 1.57 bits per heavy atom. The smallest absolute Gasteiger partial charge is 0.292 e. The second-order valence-electron chi connectivity index (χ2n) is 4.71. The van der Waals surface area contributed by atoms with Crippen LogP contribution in [-0.4, -0.2) is 24.0 Å². The van der Waals surface area contributed by atoms with E-state index in [4.69, 9.17) is 5.41 Å². The molecule has 0 atom stereocenters. The average molecular weight is 282 g/mol. The van der Waals surface area contributed by atoms with Gasteiger partial charge in [-0.15, -0.1) is 0 Å². The molecule has 1 aliphatic heterocycles. The summed E-state index contributed by atoms with van der Waals surface area (Å²) in [7, 11) is 0. The van der Waals surface area contributed by atoms with Crippen LogP contribution in [0.15, 0.2) is 54.6 Å². The highest BCUT2D eigenvalue weighted by Crippen LogP contribution is 2.31. The first-order chi connectivity index (χ1) is 10.2. The molecule has 1 N–H and O–H groups in total. The van der Waals surface area contributed by atoms with Gasteiger partial charge in [-0.25, -0.2) is 0 Å². The summed E-state index contributed by atoms with van der Waals surface area (Å²) in [5.41, 5.74) is 1.41. The number of benzene rings is 2. The van der Waals surface area contributed by atoms with Crippen molar-refractivity contribution in [3.63, 3.8) is 0 Å². The minimum Gasteiger partial charge on any atom is -0.311 e. The number of anilines is 2. The molecule has 1 fully saturated rings. The van der Waals surface area contributed by atoms with Crippen molar-refractivity contribution in [2.75, 3.05) is 22.9 Å². The van der Waals surface area contributed by atoms with Crippen molar-refractivity contribution in [3.8, 4) is 0 Å². The van der Waals surface area contributed by atoms with Gasteiger partial charge in [0, 0.05) is 24.8 Å². The molecule has 6 nitrogen and oxygen atoms in total. The van der Waals surface area contributed by atoms with Gasteiger partial charge in [-0.05, 0) is 18.2 Å². The lowest BCUT2D eigenvalue weighted by Crippen LogP contribution is -2.32. The van der Waals surface area contributed by atoms with Crippen LogP contribution >= 0.6 is 0 Å². The van der Waals surface area contributed by atoms with Gasteiger partial charge < -0.3 is 9.80 Å². The van der Waals surface area contributed by atoms with E-state index in [2.05, 4.69) is 0 Å². The third-order valence-electron chi connectivity index (χ3n) is 3.50. The van der Waals surface area contributed by atoms with Crippen molar-refractivity contribution in [3.05, 3.63) is 64.7 Å². The maximum atomic E-state index is 11.1. The first-order valence-corrected chi connectivity index (χ1v) is 6.60. The molecule has 21 heavy (non-hydrogen) atoms. The second-order valence-corrected chi connectivity index (χ2v) is 4.71. The van der Waals surface area contributed by atoms with Gasteiger partial charge in [-0.2, -0.15) is 0 Å². The van der Waals surface area contributed by atoms with Crippen LogP contribution in [0.5, 0.6) is 0 Å². The first kappa shape index (κ1) is 13.1. The Kier molecular flexibility index (Phi) is 3.27. The van der Waals surface area contributed by atoms with Gasteiger partial charge in [-0.3, -0.25) is 15.5 Å². The van der Waals surface area contributed by atoms with E-state index in [9.17, 15) is 10.1 Å². The number of hydrogen-bond donors (Lipinski definition) is 1. The monoisotopic (exact) mass is 282 g/mol. The minimum absolute atomic E-state index is 0.0251. The number of nitro groups is 1. The molecule has 0 amide bonds. The van der Waals surface area contributed by atoms with Crippen LogP contribution in [0.1, 0.15) is 0 Å². The molecule has 1 saturated heterocycles. The number of nitro benzene ring substituents is 1. The number of nitrogens with zero attached hydrogens (tertiary/aromatic N) is 3. The van der Waals surface area contributed by atoms with Crippen molar-refractivity contribution >= 4 is 23.0 Å². The Bertz CT molecular complexity index is 687. The Hall–Kier alpha value is -2.89. The van der Waals surface area contributed by atoms with Crippen LogP contribution < -0.4 is 9.80 Å². The van der Waals surface area contributed by atoms with Gasteiger partial charge in [0.25, 0.3) is 5.69 Å². The fourth-order valence-corrected chi connectivity index (χ4v) is 2.50. The zero-order valence-corrected chi connectivity index (χ0v) is 11.3. The maximum Gasteiger partial charge on any atom is 0.292 e. The largest absolute Gasteiger partial charge is 0.311 e. The van der Waals surface area contributed by atoms with Crippen molar-refractivity contribution in [2.24, 2.45) is 0 Å². The standard InChI is InChI=1S/C15H14N4O2/c16-15-17(12-6-2-1-3-7-12)10-11-18(15)13-8-4-5-9-14(13)19(20)21/h1-9,16H,10-11H2. The number of hydrogen-bond acceptors (Lipinski definition) is 3. The van der Waals surface area contributed by atoms with E-state index in [0.29, 0.717) is 18.8 Å². The van der Waals surface area contributed by atoms with Gasteiger partial charge in [0.05, 0.1) is 4.92 Å². The molecule has 0 unspecified atom stereocenters. The van der Waals surface area contributed by atoms with Crippen LogP contribution in [0.25, 0.3) is 0 Å². The number of para-hydroxylation sites is 3. The number of guanidine groups is 1. The van der Waals surface area contributed by atoms with Gasteiger partial charge >= 0.3 is 0 Å². The number of nitrogens with one attached hydrogen (secondary N) is 1. The predicted octanol–water partition coefficient (Wildman–Crippen LogP) is 2.86. The molecule has 0 radical (unpaired) electrons. The molecule has 0 aliphatic carbocycles. The van der Waals surface area contributed by atoms with E-state index in [0.717, 1.165) is 5.69 Å². The summed E-state index contributed by atoms with van der Waals surface area (Å²) in [5, 5.41) is 19.4. The molecule has 2 aromatic carbocycles. The Balaban J connectivity index is 1.93.